The van der Waals surface area contributed by atoms with Crippen molar-refractivity contribution in [1.82, 2.24) is 14.9 Å². The third-order valence-corrected chi connectivity index (χ3v) is 7.88. The van der Waals surface area contributed by atoms with Gasteiger partial charge in [-0.15, -0.1) is 22.7 Å². The van der Waals surface area contributed by atoms with E-state index in [9.17, 15) is 4.79 Å². The van der Waals surface area contributed by atoms with Gasteiger partial charge in [0.25, 0.3) is 5.91 Å². The SMILES string of the molecule is CCCCC(CC)NC(=O)c1cc(-c2csc(-c3ccccc3Cl)n2)n(-c2cccs2)c1C. The number of aromatic nitrogens is 2. The summed E-state index contributed by atoms with van der Waals surface area (Å²) in [7, 11) is 0. The van der Waals surface area contributed by atoms with Gasteiger partial charge in [0.2, 0.25) is 0 Å². The second-order valence-corrected chi connectivity index (χ2v) is 10.2. The molecule has 33 heavy (non-hydrogen) atoms. The van der Waals surface area contributed by atoms with Crippen LogP contribution in [0.3, 0.4) is 0 Å². The summed E-state index contributed by atoms with van der Waals surface area (Å²) in [6.45, 7) is 6.31. The van der Waals surface area contributed by atoms with Crippen molar-refractivity contribution in [3.8, 4) is 27.0 Å². The van der Waals surface area contributed by atoms with Crippen molar-refractivity contribution >= 4 is 40.2 Å². The smallest absolute Gasteiger partial charge is 0.253 e. The molecular weight excluding hydrogens is 470 g/mol. The van der Waals surface area contributed by atoms with E-state index in [4.69, 9.17) is 16.6 Å². The highest BCUT2D eigenvalue weighted by molar-refractivity contribution is 7.13. The molecule has 1 aromatic carbocycles. The lowest BCUT2D eigenvalue weighted by Gasteiger charge is -2.16. The van der Waals surface area contributed by atoms with Crippen LogP contribution in [0.5, 0.6) is 0 Å². The quantitative estimate of drug-likeness (QED) is 0.254. The number of hydrogen-bond acceptors (Lipinski definition) is 4. The van der Waals surface area contributed by atoms with Gasteiger partial charge < -0.3 is 9.88 Å². The largest absolute Gasteiger partial charge is 0.349 e. The van der Waals surface area contributed by atoms with Crippen LogP contribution in [-0.2, 0) is 0 Å². The summed E-state index contributed by atoms with van der Waals surface area (Å²) in [6.07, 6.45) is 4.17. The second kappa shape index (κ2) is 10.7. The Hall–Kier alpha value is -2.41. The Morgan fingerprint density at radius 2 is 2.00 bits per heavy atom. The predicted octanol–water partition coefficient (Wildman–Crippen LogP) is 7.99. The first-order chi connectivity index (χ1) is 16.0. The summed E-state index contributed by atoms with van der Waals surface area (Å²) in [5.41, 5.74) is 4.28. The molecule has 4 nitrogen and oxygen atoms in total. The minimum atomic E-state index is -0.0198. The highest BCUT2D eigenvalue weighted by Crippen LogP contribution is 2.36. The lowest BCUT2D eigenvalue weighted by molar-refractivity contribution is 0.0932. The molecule has 0 aliphatic rings. The van der Waals surface area contributed by atoms with Crippen LogP contribution in [0.15, 0.2) is 53.2 Å². The molecule has 0 aliphatic carbocycles. The van der Waals surface area contributed by atoms with Crippen molar-refractivity contribution in [2.75, 3.05) is 0 Å². The molecule has 0 fully saturated rings. The minimum Gasteiger partial charge on any atom is -0.349 e. The van der Waals surface area contributed by atoms with E-state index in [-0.39, 0.29) is 11.9 Å². The van der Waals surface area contributed by atoms with Gasteiger partial charge in [-0.25, -0.2) is 4.98 Å². The van der Waals surface area contributed by atoms with E-state index in [1.807, 2.05) is 54.1 Å². The molecule has 0 spiro atoms. The van der Waals surface area contributed by atoms with Crippen LogP contribution >= 0.6 is 34.3 Å². The Labute approximate surface area is 208 Å². The zero-order valence-electron chi connectivity index (χ0n) is 19.1. The van der Waals surface area contributed by atoms with Crippen LogP contribution in [0.2, 0.25) is 5.02 Å². The summed E-state index contributed by atoms with van der Waals surface area (Å²) in [5.74, 6) is -0.0198. The van der Waals surface area contributed by atoms with E-state index in [2.05, 4.69) is 29.8 Å². The molecule has 3 heterocycles. The molecule has 3 aromatic heterocycles. The number of rotatable bonds is 9. The number of carbonyl (C=O) groups excluding carboxylic acids is 1. The zero-order valence-corrected chi connectivity index (χ0v) is 21.5. The number of thiophene rings is 1. The van der Waals surface area contributed by atoms with Crippen molar-refractivity contribution in [1.29, 1.82) is 0 Å². The molecule has 0 aliphatic heterocycles. The topological polar surface area (TPSA) is 46.9 Å². The van der Waals surface area contributed by atoms with Crippen molar-refractivity contribution in [3.05, 3.63) is 69.5 Å². The molecule has 0 saturated heterocycles. The zero-order chi connectivity index (χ0) is 23.4. The fraction of sp³-hybridized carbons (Fsp3) is 0.308. The lowest BCUT2D eigenvalue weighted by atomic mass is 10.1. The van der Waals surface area contributed by atoms with Gasteiger partial charge in [-0.2, -0.15) is 0 Å². The maximum Gasteiger partial charge on any atom is 0.253 e. The molecule has 1 unspecified atom stereocenters. The number of nitrogens with one attached hydrogen (secondary N) is 1. The van der Waals surface area contributed by atoms with Gasteiger partial charge in [-0.1, -0.05) is 56.5 Å². The Bertz CT molecular complexity index is 1230. The van der Waals surface area contributed by atoms with Crippen molar-refractivity contribution in [2.45, 2.75) is 52.5 Å². The first-order valence-electron chi connectivity index (χ1n) is 11.3. The molecule has 4 rings (SSSR count). The fourth-order valence-electron chi connectivity index (χ4n) is 3.95. The van der Waals surface area contributed by atoms with Gasteiger partial charge in [-0.05, 0) is 49.4 Å². The van der Waals surface area contributed by atoms with E-state index in [1.165, 1.54) is 0 Å². The third kappa shape index (κ3) is 5.08. The maximum absolute atomic E-state index is 13.3. The number of hydrogen-bond donors (Lipinski definition) is 1. The molecule has 0 saturated carbocycles. The van der Waals surface area contributed by atoms with Crippen molar-refractivity contribution in [3.63, 3.8) is 0 Å². The van der Waals surface area contributed by atoms with Gasteiger partial charge in [0, 0.05) is 22.7 Å². The highest BCUT2D eigenvalue weighted by Gasteiger charge is 2.23. The maximum atomic E-state index is 13.3. The number of carbonyl (C=O) groups is 1. The Morgan fingerprint density at radius 3 is 2.70 bits per heavy atom. The number of thiazole rings is 1. The summed E-state index contributed by atoms with van der Waals surface area (Å²) >= 11 is 9.61. The molecule has 7 heteroatoms. The number of nitrogens with zero attached hydrogens (tertiary/aromatic N) is 2. The standard InChI is InChI=1S/C26H28ClN3OS2/c1-4-6-10-18(5-2)28-25(31)20-15-23(30(17(20)3)24-13-9-14-32-24)22-16-33-26(29-22)19-11-7-8-12-21(19)27/h7-9,11-16,18H,4-6,10H2,1-3H3,(H,28,31). The molecule has 0 radical (unpaired) electrons. The summed E-state index contributed by atoms with van der Waals surface area (Å²) < 4.78 is 2.14. The molecule has 1 atom stereocenters. The van der Waals surface area contributed by atoms with Gasteiger partial charge in [0.15, 0.2) is 0 Å². The van der Waals surface area contributed by atoms with Gasteiger partial charge >= 0.3 is 0 Å². The van der Waals surface area contributed by atoms with Crippen LogP contribution < -0.4 is 5.32 Å². The molecular formula is C26H28ClN3OS2. The average molecular weight is 498 g/mol. The number of amides is 1. The van der Waals surface area contributed by atoms with Crippen LogP contribution in [0.1, 0.15) is 55.6 Å². The molecule has 1 amide bonds. The first kappa shape index (κ1) is 23.7. The minimum absolute atomic E-state index is 0.0198. The number of unbranched alkanes of at least 4 members (excludes halogenated alkanes) is 1. The molecule has 0 bridgehead atoms. The molecule has 172 valence electrons. The van der Waals surface area contributed by atoms with E-state index in [0.29, 0.717) is 10.6 Å². The Balaban J connectivity index is 1.73. The Kier molecular flexibility index (Phi) is 7.68. The summed E-state index contributed by atoms with van der Waals surface area (Å²) in [6, 6.07) is 14.0. The number of halogens is 1. The predicted molar refractivity (Wildman–Crippen MR) is 141 cm³/mol. The van der Waals surface area contributed by atoms with E-state index in [1.54, 1.807) is 22.7 Å². The van der Waals surface area contributed by atoms with Gasteiger partial charge in [0.05, 0.1) is 27.0 Å². The Morgan fingerprint density at radius 1 is 1.18 bits per heavy atom. The molecule has 1 N–H and O–H groups in total. The lowest BCUT2D eigenvalue weighted by Crippen LogP contribution is -2.34. The van der Waals surface area contributed by atoms with Gasteiger partial charge in [-0.3, -0.25) is 4.79 Å². The van der Waals surface area contributed by atoms with Crippen LogP contribution in [-0.4, -0.2) is 21.5 Å². The van der Waals surface area contributed by atoms with E-state index < -0.39 is 0 Å². The van der Waals surface area contributed by atoms with Crippen LogP contribution in [0.4, 0.5) is 0 Å². The fourth-order valence-corrected chi connectivity index (χ4v) is 5.88. The summed E-state index contributed by atoms with van der Waals surface area (Å²) in [5, 5.41) is 9.94. The first-order valence-corrected chi connectivity index (χ1v) is 13.4. The van der Waals surface area contributed by atoms with E-state index >= 15 is 0 Å². The third-order valence-electron chi connectivity index (χ3n) is 5.82. The van der Waals surface area contributed by atoms with Crippen LogP contribution in [0, 0.1) is 6.92 Å². The number of benzene rings is 1. The van der Waals surface area contributed by atoms with Crippen molar-refractivity contribution < 1.29 is 4.79 Å². The van der Waals surface area contributed by atoms with Crippen LogP contribution in [0.25, 0.3) is 27.0 Å². The van der Waals surface area contributed by atoms with Crippen molar-refractivity contribution in [2.24, 2.45) is 0 Å². The average Bonchev–Trinajstić information content (AvgIpc) is 3.56. The second-order valence-electron chi connectivity index (χ2n) is 8.05. The van der Waals surface area contributed by atoms with Gasteiger partial charge in [0.1, 0.15) is 5.01 Å². The van der Waals surface area contributed by atoms with E-state index in [0.717, 1.165) is 58.3 Å². The monoisotopic (exact) mass is 497 g/mol. The normalized spacial score (nSPS) is 12.1. The molecule has 4 aromatic rings. The summed E-state index contributed by atoms with van der Waals surface area (Å²) in [4.78, 5) is 18.2. The highest BCUT2D eigenvalue weighted by atomic mass is 35.5.